The molecule has 0 aliphatic carbocycles. The van der Waals surface area contributed by atoms with Crippen LogP contribution in [0.5, 0.6) is 0 Å². The topological polar surface area (TPSA) is 71.1 Å². The smallest absolute Gasteiger partial charge is 0.251 e. The zero-order valence-electron chi connectivity index (χ0n) is 12.7. The number of aromatic nitrogens is 1. The fraction of sp³-hybridized carbons (Fsp3) is 0.235. The molecule has 0 spiro atoms. The number of aryl methyl sites for hydroxylation is 1. The Bertz CT molecular complexity index is 656. The Kier molecular flexibility index (Phi) is 5.25. The molecule has 1 unspecified atom stereocenters. The Balaban J connectivity index is 1.84. The second kappa shape index (κ2) is 7.36. The molecule has 1 heterocycles. The van der Waals surface area contributed by atoms with Gasteiger partial charge < -0.3 is 10.6 Å². The maximum atomic E-state index is 12.0. The molecule has 0 saturated carbocycles. The van der Waals surface area contributed by atoms with E-state index in [1.54, 1.807) is 24.5 Å². The molecule has 2 amide bonds. The van der Waals surface area contributed by atoms with Crippen LogP contribution in [0.4, 0.5) is 0 Å². The van der Waals surface area contributed by atoms with E-state index in [-0.39, 0.29) is 24.4 Å². The molecule has 0 radical (unpaired) electrons. The Morgan fingerprint density at radius 1 is 1.18 bits per heavy atom. The second-order valence-corrected chi connectivity index (χ2v) is 5.12. The van der Waals surface area contributed by atoms with Crippen LogP contribution in [-0.4, -0.2) is 23.3 Å². The average molecular weight is 297 g/mol. The molecule has 0 saturated heterocycles. The van der Waals surface area contributed by atoms with Crippen molar-refractivity contribution in [2.45, 2.75) is 19.9 Å². The summed E-state index contributed by atoms with van der Waals surface area (Å²) in [4.78, 5) is 27.8. The number of nitrogens with one attached hydrogen (secondary N) is 2. The van der Waals surface area contributed by atoms with Crippen molar-refractivity contribution in [3.8, 4) is 0 Å². The van der Waals surface area contributed by atoms with Gasteiger partial charge in [-0.3, -0.25) is 14.6 Å². The molecular formula is C17H19N3O2. The van der Waals surface area contributed by atoms with Crippen molar-refractivity contribution in [3.05, 3.63) is 65.5 Å². The normalized spacial score (nSPS) is 11.5. The third kappa shape index (κ3) is 4.41. The monoisotopic (exact) mass is 297 g/mol. The van der Waals surface area contributed by atoms with Crippen LogP contribution in [0, 0.1) is 6.92 Å². The largest absolute Gasteiger partial charge is 0.348 e. The molecule has 2 rings (SSSR count). The van der Waals surface area contributed by atoms with Crippen LogP contribution < -0.4 is 10.6 Å². The van der Waals surface area contributed by atoms with Crippen LogP contribution >= 0.6 is 0 Å². The summed E-state index contributed by atoms with van der Waals surface area (Å²) in [6.07, 6.45) is 3.36. The van der Waals surface area contributed by atoms with Gasteiger partial charge in [-0.1, -0.05) is 17.7 Å². The molecule has 1 aromatic heterocycles. The first-order chi connectivity index (χ1) is 10.6. The molecule has 114 valence electrons. The average Bonchev–Trinajstić information content (AvgIpc) is 2.53. The maximum absolute atomic E-state index is 12.0. The third-order valence-electron chi connectivity index (χ3n) is 3.27. The number of carbonyl (C=O) groups excluding carboxylic acids is 2. The first-order valence-corrected chi connectivity index (χ1v) is 7.10. The minimum absolute atomic E-state index is 0.0534. The predicted octanol–water partition coefficient (Wildman–Crippen LogP) is 2.00. The Morgan fingerprint density at radius 3 is 2.59 bits per heavy atom. The van der Waals surface area contributed by atoms with E-state index in [4.69, 9.17) is 0 Å². The van der Waals surface area contributed by atoms with E-state index >= 15 is 0 Å². The summed E-state index contributed by atoms with van der Waals surface area (Å²) < 4.78 is 0. The first-order valence-electron chi connectivity index (χ1n) is 7.10. The number of hydrogen-bond acceptors (Lipinski definition) is 3. The summed E-state index contributed by atoms with van der Waals surface area (Å²) in [6.45, 7) is 3.75. The standard InChI is InChI=1S/C17H19N3O2/c1-12-4-3-5-15(10-12)17(22)19-11-16(21)20-13(2)14-6-8-18-9-7-14/h3-10,13H,11H2,1-2H3,(H,19,22)(H,20,21). The number of hydrogen-bond donors (Lipinski definition) is 2. The van der Waals surface area contributed by atoms with Gasteiger partial charge in [-0.15, -0.1) is 0 Å². The van der Waals surface area contributed by atoms with Crippen molar-refractivity contribution in [1.82, 2.24) is 15.6 Å². The first kappa shape index (κ1) is 15.7. The quantitative estimate of drug-likeness (QED) is 0.886. The van der Waals surface area contributed by atoms with Gasteiger partial charge in [0.05, 0.1) is 12.6 Å². The number of amides is 2. The Hall–Kier alpha value is -2.69. The molecule has 2 N–H and O–H groups in total. The lowest BCUT2D eigenvalue weighted by Gasteiger charge is -2.14. The Morgan fingerprint density at radius 2 is 1.91 bits per heavy atom. The fourth-order valence-corrected chi connectivity index (χ4v) is 2.08. The van der Waals surface area contributed by atoms with Gasteiger partial charge in [-0.25, -0.2) is 0 Å². The summed E-state index contributed by atoms with van der Waals surface area (Å²) in [5.41, 5.74) is 2.52. The summed E-state index contributed by atoms with van der Waals surface area (Å²) >= 11 is 0. The van der Waals surface area contributed by atoms with Gasteiger partial charge in [-0.2, -0.15) is 0 Å². The van der Waals surface area contributed by atoms with E-state index in [0.29, 0.717) is 5.56 Å². The number of pyridine rings is 1. The van der Waals surface area contributed by atoms with E-state index < -0.39 is 0 Å². The van der Waals surface area contributed by atoms with Crippen molar-refractivity contribution >= 4 is 11.8 Å². The van der Waals surface area contributed by atoms with Gasteiger partial charge in [0.25, 0.3) is 5.91 Å². The lowest BCUT2D eigenvalue weighted by atomic mass is 10.1. The van der Waals surface area contributed by atoms with Gasteiger partial charge in [-0.05, 0) is 43.7 Å². The molecule has 1 aromatic carbocycles. The SMILES string of the molecule is Cc1cccc(C(=O)NCC(=O)NC(C)c2ccncc2)c1. The summed E-state index contributed by atoms with van der Waals surface area (Å²) in [5, 5.41) is 5.45. The van der Waals surface area contributed by atoms with E-state index in [1.165, 1.54) is 0 Å². The van der Waals surface area contributed by atoms with Crippen molar-refractivity contribution < 1.29 is 9.59 Å². The molecule has 2 aromatic rings. The minimum atomic E-state index is -0.254. The van der Waals surface area contributed by atoms with Crippen LogP contribution in [-0.2, 0) is 4.79 Å². The molecule has 0 fully saturated rings. The molecule has 1 atom stereocenters. The third-order valence-corrected chi connectivity index (χ3v) is 3.27. The summed E-state index contributed by atoms with van der Waals surface area (Å²) in [7, 11) is 0. The predicted molar refractivity (Wildman–Crippen MR) is 84.3 cm³/mol. The fourth-order valence-electron chi connectivity index (χ4n) is 2.08. The van der Waals surface area contributed by atoms with Crippen molar-refractivity contribution in [1.29, 1.82) is 0 Å². The lowest BCUT2D eigenvalue weighted by molar-refractivity contribution is -0.120. The van der Waals surface area contributed by atoms with E-state index in [9.17, 15) is 9.59 Å². The molecule has 5 nitrogen and oxygen atoms in total. The van der Waals surface area contributed by atoms with Crippen molar-refractivity contribution in [2.24, 2.45) is 0 Å². The van der Waals surface area contributed by atoms with Gasteiger partial charge >= 0.3 is 0 Å². The highest BCUT2D eigenvalue weighted by Gasteiger charge is 2.11. The molecule has 22 heavy (non-hydrogen) atoms. The maximum Gasteiger partial charge on any atom is 0.251 e. The van der Waals surface area contributed by atoms with Gasteiger partial charge in [0, 0.05) is 18.0 Å². The highest BCUT2D eigenvalue weighted by Crippen LogP contribution is 2.09. The van der Waals surface area contributed by atoms with Crippen molar-refractivity contribution in [2.75, 3.05) is 6.54 Å². The summed E-state index contributed by atoms with van der Waals surface area (Å²) in [5.74, 6) is -0.485. The highest BCUT2D eigenvalue weighted by atomic mass is 16.2. The number of rotatable bonds is 5. The van der Waals surface area contributed by atoms with Gasteiger partial charge in [0.2, 0.25) is 5.91 Å². The molecule has 0 aliphatic rings. The van der Waals surface area contributed by atoms with E-state index in [2.05, 4.69) is 15.6 Å². The van der Waals surface area contributed by atoms with E-state index in [0.717, 1.165) is 11.1 Å². The van der Waals surface area contributed by atoms with Crippen molar-refractivity contribution in [3.63, 3.8) is 0 Å². The van der Waals surface area contributed by atoms with E-state index in [1.807, 2.05) is 38.1 Å². The van der Waals surface area contributed by atoms with Crippen LogP contribution in [0.1, 0.15) is 34.5 Å². The van der Waals surface area contributed by atoms with Gasteiger partial charge in [0.15, 0.2) is 0 Å². The minimum Gasteiger partial charge on any atom is -0.348 e. The molecule has 5 heteroatoms. The van der Waals surface area contributed by atoms with Crippen LogP contribution in [0.3, 0.4) is 0 Å². The summed E-state index contributed by atoms with van der Waals surface area (Å²) in [6, 6.07) is 10.8. The van der Waals surface area contributed by atoms with Crippen LogP contribution in [0.25, 0.3) is 0 Å². The molecular weight excluding hydrogens is 278 g/mol. The number of nitrogens with zero attached hydrogens (tertiary/aromatic N) is 1. The van der Waals surface area contributed by atoms with Crippen LogP contribution in [0.15, 0.2) is 48.8 Å². The zero-order chi connectivity index (χ0) is 15.9. The Labute approximate surface area is 129 Å². The number of benzene rings is 1. The lowest BCUT2D eigenvalue weighted by Crippen LogP contribution is -2.38. The molecule has 0 aliphatic heterocycles. The highest BCUT2D eigenvalue weighted by molar-refractivity contribution is 5.96. The van der Waals surface area contributed by atoms with Crippen LogP contribution in [0.2, 0.25) is 0 Å². The number of carbonyl (C=O) groups is 2. The second-order valence-electron chi connectivity index (χ2n) is 5.12. The molecule has 0 bridgehead atoms. The van der Waals surface area contributed by atoms with Gasteiger partial charge in [0.1, 0.15) is 0 Å². The zero-order valence-corrected chi connectivity index (χ0v) is 12.7.